The molecule has 0 saturated heterocycles. The van der Waals surface area contributed by atoms with Gasteiger partial charge in [-0.3, -0.25) is 4.79 Å². The molecule has 3 nitrogen and oxygen atoms in total. The summed E-state index contributed by atoms with van der Waals surface area (Å²) < 4.78 is 0. The van der Waals surface area contributed by atoms with Crippen LogP contribution in [0.15, 0.2) is 0 Å². The number of benzene rings is 1. The van der Waals surface area contributed by atoms with Crippen LogP contribution in [0.25, 0.3) is 0 Å². The van der Waals surface area contributed by atoms with E-state index < -0.39 is 11.9 Å². The van der Waals surface area contributed by atoms with Gasteiger partial charge in [-0.25, -0.2) is 0 Å². The van der Waals surface area contributed by atoms with Crippen molar-refractivity contribution in [1.82, 2.24) is 0 Å². The third kappa shape index (κ3) is 1.87. The lowest BCUT2D eigenvalue weighted by Crippen LogP contribution is -2.20. The van der Waals surface area contributed by atoms with Gasteiger partial charge in [0.2, 0.25) is 0 Å². The number of anilines is 1. The minimum absolute atomic E-state index is 0.357. The highest BCUT2D eigenvalue weighted by molar-refractivity contribution is 6.40. The molecule has 1 unspecified atom stereocenters. The van der Waals surface area contributed by atoms with Crippen LogP contribution in [0.2, 0.25) is 10.0 Å². The fourth-order valence-electron chi connectivity index (χ4n) is 2.51. The highest BCUT2D eigenvalue weighted by Gasteiger charge is 2.31. The van der Waals surface area contributed by atoms with E-state index in [4.69, 9.17) is 28.9 Å². The van der Waals surface area contributed by atoms with Crippen molar-refractivity contribution in [3.05, 3.63) is 26.7 Å². The van der Waals surface area contributed by atoms with Crippen molar-refractivity contribution in [2.75, 3.05) is 5.73 Å². The van der Waals surface area contributed by atoms with Crippen molar-refractivity contribution in [2.45, 2.75) is 32.1 Å². The molecule has 5 heteroatoms. The zero-order chi connectivity index (χ0) is 12.7. The van der Waals surface area contributed by atoms with E-state index in [1.165, 1.54) is 0 Å². The Hall–Kier alpha value is -0.930. The van der Waals surface area contributed by atoms with Gasteiger partial charge in [0.25, 0.3) is 0 Å². The predicted octanol–water partition coefficient (Wildman–Crippen LogP) is 3.39. The van der Waals surface area contributed by atoms with E-state index in [0.717, 1.165) is 29.5 Å². The molecule has 0 fully saturated rings. The molecular weight excluding hydrogens is 261 g/mol. The van der Waals surface area contributed by atoms with Gasteiger partial charge in [0.15, 0.2) is 0 Å². The number of carboxylic acid groups (broad SMARTS) is 1. The van der Waals surface area contributed by atoms with Crippen molar-refractivity contribution in [2.24, 2.45) is 0 Å². The van der Waals surface area contributed by atoms with Crippen LogP contribution in [0, 0.1) is 6.92 Å². The maximum Gasteiger partial charge on any atom is 0.310 e. The molecule has 0 aliphatic heterocycles. The Labute approximate surface area is 110 Å². The van der Waals surface area contributed by atoms with Crippen LogP contribution in [-0.2, 0) is 11.2 Å². The van der Waals surface area contributed by atoms with Crippen LogP contribution in [0.3, 0.4) is 0 Å². The minimum atomic E-state index is -0.828. The van der Waals surface area contributed by atoms with Crippen LogP contribution in [0.4, 0.5) is 5.69 Å². The lowest BCUT2D eigenvalue weighted by Gasteiger charge is -2.27. The van der Waals surface area contributed by atoms with Crippen LogP contribution in [-0.4, -0.2) is 11.1 Å². The van der Waals surface area contributed by atoms with E-state index in [1.807, 2.05) is 0 Å². The van der Waals surface area contributed by atoms with E-state index in [-0.39, 0.29) is 0 Å². The van der Waals surface area contributed by atoms with Crippen molar-refractivity contribution in [3.63, 3.8) is 0 Å². The minimum Gasteiger partial charge on any atom is -0.481 e. The number of nitrogen functional groups attached to an aromatic ring is 1. The van der Waals surface area contributed by atoms with Crippen LogP contribution in [0.1, 0.15) is 35.4 Å². The van der Waals surface area contributed by atoms with E-state index >= 15 is 0 Å². The van der Waals surface area contributed by atoms with Gasteiger partial charge in [-0.1, -0.05) is 23.2 Å². The second-order valence-corrected chi connectivity index (χ2v) is 5.10. The zero-order valence-electron chi connectivity index (χ0n) is 9.39. The molecule has 1 aliphatic carbocycles. The van der Waals surface area contributed by atoms with Crippen molar-refractivity contribution in [3.8, 4) is 0 Å². The first-order valence-corrected chi connectivity index (χ1v) is 6.19. The lowest BCUT2D eigenvalue weighted by atomic mass is 9.80. The molecule has 2 rings (SSSR count). The molecule has 92 valence electrons. The summed E-state index contributed by atoms with van der Waals surface area (Å²) in [6.45, 7) is 1.80. The Morgan fingerprint density at radius 2 is 2.06 bits per heavy atom. The second kappa shape index (κ2) is 4.39. The summed E-state index contributed by atoms with van der Waals surface area (Å²) in [5.74, 6) is -1.35. The number of hydrogen-bond donors (Lipinski definition) is 2. The first-order valence-electron chi connectivity index (χ1n) is 5.43. The van der Waals surface area contributed by atoms with Crippen molar-refractivity contribution < 1.29 is 9.90 Å². The molecule has 0 saturated carbocycles. The molecule has 3 N–H and O–H groups in total. The number of nitrogens with two attached hydrogens (primary N) is 1. The van der Waals surface area contributed by atoms with Gasteiger partial charge < -0.3 is 10.8 Å². The Bertz CT molecular complexity index is 500. The zero-order valence-corrected chi connectivity index (χ0v) is 10.9. The van der Waals surface area contributed by atoms with E-state index in [2.05, 4.69) is 0 Å². The molecule has 0 aromatic heterocycles. The van der Waals surface area contributed by atoms with Gasteiger partial charge in [-0.2, -0.15) is 0 Å². The summed E-state index contributed by atoms with van der Waals surface area (Å²) in [7, 11) is 0. The van der Waals surface area contributed by atoms with E-state index in [1.54, 1.807) is 6.92 Å². The summed E-state index contributed by atoms with van der Waals surface area (Å²) in [6, 6.07) is 0. The van der Waals surface area contributed by atoms with Gasteiger partial charge in [-0.05, 0) is 42.9 Å². The molecule has 1 aliphatic rings. The standard InChI is InChI=1S/C12H13Cl2NO2/c1-5-8-6(10(14)11(15)9(5)13)3-2-4-7(8)12(16)17/h7H,2-4,15H2,1H3,(H,16,17). The molecular formula is C12H13Cl2NO2. The summed E-state index contributed by atoms with van der Waals surface area (Å²) in [6.07, 6.45) is 2.20. The number of carbonyl (C=O) groups is 1. The molecule has 0 bridgehead atoms. The highest BCUT2D eigenvalue weighted by atomic mass is 35.5. The van der Waals surface area contributed by atoms with Crippen LogP contribution >= 0.6 is 23.2 Å². The fraction of sp³-hybridized carbons (Fsp3) is 0.417. The molecule has 1 atom stereocenters. The second-order valence-electron chi connectivity index (χ2n) is 4.34. The number of rotatable bonds is 1. The smallest absolute Gasteiger partial charge is 0.310 e. The van der Waals surface area contributed by atoms with Crippen molar-refractivity contribution in [1.29, 1.82) is 0 Å². The third-order valence-corrected chi connectivity index (χ3v) is 4.28. The van der Waals surface area contributed by atoms with Crippen LogP contribution in [0.5, 0.6) is 0 Å². The van der Waals surface area contributed by atoms with Crippen LogP contribution < -0.4 is 5.73 Å². The molecule has 1 aromatic carbocycles. The average Bonchev–Trinajstić information content (AvgIpc) is 2.32. The topological polar surface area (TPSA) is 63.3 Å². The Balaban J connectivity index is 2.73. The molecule has 17 heavy (non-hydrogen) atoms. The average molecular weight is 274 g/mol. The van der Waals surface area contributed by atoms with E-state index in [9.17, 15) is 9.90 Å². The summed E-state index contributed by atoms with van der Waals surface area (Å²) in [5.41, 5.74) is 8.53. The number of halogens is 2. The van der Waals surface area contributed by atoms with Crippen molar-refractivity contribution >= 4 is 34.9 Å². The number of fused-ring (bicyclic) bond motifs is 1. The largest absolute Gasteiger partial charge is 0.481 e. The maximum absolute atomic E-state index is 11.3. The first-order chi connectivity index (χ1) is 7.95. The summed E-state index contributed by atoms with van der Waals surface area (Å²) in [4.78, 5) is 11.3. The molecule has 0 spiro atoms. The Morgan fingerprint density at radius 1 is 1.41 bits per heavy atom. The first kappa shape index (κ1) is 12.5. The third-order valence-electron chi connectivity index (χ3n) is 3.36. The number of carboxylic acids is 1. The Kier molecular flexibility index (Phi) is 3.23. The van der Waals surface area contributed by atoms with E-state index in [0.29, 0.717) is 22.2 Å². The Morgan fingerprint density at radius 3 is 2.65 bits per heavy atom. The monoisotopic (exact) mass is 273 g/mol. The molecule has 0 radical (unpaired) electrons. The van der Waals surface area contributed by atoms with Gasteiger partial charge in [0.1, 0.15) is 0 Å². The van der Waals surface area contributed by atoms with Gasteiger partial charge in [0.05, 0.1) is 21.7 Å². The molecule has 0 heterocycles. The normalized spacial score (nSPS) is 18.9. The van der Waals surface area contributed by atoms with Gasteiger partial charge in [0, 0.05) is 0 Å². The van der Waals surface area contributed by atoms with Gasteiger partial charge in [-0.15, -0.1) is 0 Å². The predicted molar refractivity (Wildman–Crippen MR) is 68.9 cm³/mol. The summed E-state index contributed by atoms with van der Waals surface area (Å²) in [5, 5.41) is 10.0. The highest BCUT2D eigenvalue weighted by Crippen LogP contribution is 2.44. The number of aliphatic carboxylic acids is 1. The molecule has 0 amide bonds. The fourth-order valence-corrected chi connectivity index (χ4v) is 3.05. The summed E-state index contributed by atoms with van der Waals surface area (Å²) >= 11 is 12.2. The quantitative estimate of drug-likeness (QED) is 0.771. The molecule has 1 aromatic rings. The number of hydrogen-bond acceptors (Lipinski definition) is 2. The lowest BCUT2D eigenvalue weighted by molar-refractivity contribution is -0.139. The SMILES string of the molecule is Cc1c(Cl)c(N)c(Cl)c2c1C(C(=O)O)CCC2. The maximum atomic E-state index is 11.3. The van der Waals surface area contributed by atoms with Gasteiger partial charge >= 0.3 is 5.97 Å².